The van der Waals surface area contributed by atoms with E-state index in [2.05, 4.69) is 4.18 Å². The van der Waals surface area contributed by atoms with Gasteiger partial charge in [0.2, 0.25) is 0 Å². The molecule has 0 bridgehead atoms. The maximum absolute atomic E-state index is 11.9. The van der Waals surface area contributed by atoms with E-state index in [1.165, 1.54) is 11.9 Å². The Hall–Kier alpha value is -0.200. The average molecular weight is 286 g/mol. The molecule has 0 heterocycles. The topological polar surface area (TPSA) is 78.9 Å². The summed E-state index contributed by atoms with van der Waals surface area (Å²) in [6.07, 6.45) is 2.82. The molecule has 0 rings (SSSR count). The van der Waals surface area contributed by atoms with Gasteiger partial charge >= 0.3 is 7.60 Å². The zero-order valence-corrected chi connectivity index (χ0v) is 12.0. The summed E-state index contributed by atoms with van der Waals surface area (Å²) in [4.78, 5) is 0. The lowest BCUT2D eigenvalue weighted by atomic mass is 10.5. The molecule has 0 aromatic carbocycles. The normalized spacial score (nSPS) is 13.4. The smallest absolute Gasteiger partial charge is 0.306 e. The predicted molar refractivity (Wildman–Crippen MR) is 65.4 cm³/mol. The van der Waals surface area contributed by atoms with Gasteiger partial charge in [0, 0.05) is 5.82 Å². The first-order chi connectivity index (χ1) is 7.83. The van der Waals surface area contributed by atoms with Crippen molar-refractivity contribution in [2.45, 2.75) is 20.3 Å². The second-order valence-corrected chi connectivity index (χ2v) is 6.61. The third kappa shape index (κ3) is 9.50. The molecule has 0 aliphatic carbocycles. The summed E-state index contributed by atoms with van der Waals surface area (Å²) in [7, 11) is -6.61. The van der Waals surface area contributed by atoms with Crippen molar-refractivity contribution in [3.8, 4) is 0 Å². The van der Waals surface area contributed by atoms with Crippen molar-refractivity contribution in [2.75, 3.05) is 26.1 Å². The van der Waals surface area contributed by atoms with Gasteiger partial charge < -0.3 is 9.05 Å². The standard InChI is InChI=1S/C9H19O6PS/c1-4-13-16(10,14-5-2)9-7-6-8-15-17(3,11)12/h7,9H,4-6,8H2,1-3H3. The van der Waals surface area contributed by atoms with Crippen molar-refractivity contribution in [2.24, 2.45) is 0 Å². The van der Waals surface area contributed by atoms with Gasteiger partial charge in [0.05, 0.1) is 26.1 Å². The Labute approximate surface area is 103 Å². The second-order valence-electron chi connectivity index (χ2n) is 3.07. The molecule has 102 valence electrons. The Morgan fingerprint density at radius 1 is 1.18 bits per heavy atom. The van der Waals surface area contributed by atoms with Crippen molar-refractivity contribution in [1.82, 2.24) is 0 Å². The molecule has 0 radical (unpaired) electrons. The minimum absolute atomic E-state index is 0.00752. The molecule has 0 saturated heterocycles. The lowest BCUT2D eigenvalue weighted by Crippen LogP contribution is -2.03. The van der Waals surface area contributed by atoms with E-state index in [1.54, 1.807) is 13.8 Å². The molecule has 17 heavy (non-hydrogen) atoms. The predicted octanol–water partition coefficient (Wildman–Crippen LogP) is 2.13. The van der Waals surface area contributed by atoms with Gasteiger partial charge in [-0.3, -0.25) is 8.75 Å². The monoisotopic (exact) mass is 286 g/mol. The van der Waals surface area contributed by atoms with Gasteiger partial charge in [0.1, 0.15) is 0 Å². The van der Waals surface area contributed by atoms with Crippen LogP contribution in [0, 0.1) is 0 Å². The van der Waals surface area contributed by atoms with E-state index >= 15 is 0 Å². The molecule has 0 saturated carbocycles. The Bertz CT molecular complexity index is 365. The van der Waals surface area contributed by atoms with E-state index in [9.17, 15) is 13.0 Å². The molecule has 0 aromatic heterocycles. The van der Waals surface area contributed by atoms with E-state index in [1.807, 2.05) is 0 Å². The molecule has 0 unspecified atom stereocenters. The summed E-state index contributed by atoms with van der Waals surface area (Å²) in [6.45, 7) is 4.00. The van der Waals surface area contributed by atoms with Gasteiger partial charge in [-0.2, -0.15) is 8.42 Å². The summed E-state index contributed by atoms with van der Waals surface area (Å²) in [5, 5.41) is 0. The number of hydrogen-bond acceptors (Lipinski definition) is 6. The van der Waals surface area contributed by atoms with Crippen LogP contribution in [0.4, 0.5) is 0 Å². The highest BCUT2D eigenvalue weighted by atomic mass is 32.2. The van der Waals surface area contributed by atoms with Crippen molar-refractivity contribution in [3.05, 3.63) is 11.9 Å². The molecule has 0 amide bonds. The molecule has 0 aromatic rings. The van der Waals surface area contributed by atoms with E-state index in [0.717, 1.165) is 6.26 Å². The lowest BCUT2D eigenvalue weighted by molar-refractivity contribution is 0.229. The Kier molecular flexibility index (Phi) is 7.91. The van der Waals surface area contributed by atoms with Crippen molar-refractivity contribution in [3.63, 3.8) is 0 Å². The average Bonchev–Trinajstić information content (AvgIpc) is 2.16. The molecular weight excluding hydrogens is 267 g/mol. The fourth-order valence-electron chi connectivity index (χ4n) is 0.954. The fraction of sp³-hybridized carbons (Fsp3) is 0.778. The fourth-order valence-corrected chi connectivity index (χ4v) is 2.73. The van der Waals surface area contributed by atoms with Crippen molar-refractivity contribution in [1.29, 1.82) is 0 Å². The maximum atomic E-state index is 11.9. The van der Waals surface area contributed by atoms with Crippen LogP contribution in [-0.2, 0) is 27.9 Å². The summed E-state index contributed by atoms with van der Waals surface area (Å²) >= 11 is 0. The van der Waals surface area contributed by atoms with Gasteiger partial charge in [0.15, 0.2) is 0 Å². The van der Waals surface area contributed by atoms with Gasteiger partial charge in [-0.15, -0.1) is 0 Å². The van der Waals surface area contributed by atoms with Crippen LogP contribution in [0.1, 0.15) is 20.3 Å². The third-order valence-corrected chi connectivity index (χ3v) is 3.89. The van der Waals surface area contributed by atoms with Crippen LogP contribution in [0.2, 0.25) is 0 Å². The Morgan fingerprint density at radius 2 is 1.71 bits per heavy atom. The summed E-state index contributed by atoms with van der Waals surface area (Å²) in [5.74, 6) is 1.33. The summed E-state index contributed by atoms with van der Waals surface area (Å²) in [5.41, 5.74) is 0. The molecule has 0 spiro atoms. The van der Waals surface area contributed by atoms with E-state index in [0.29, 0.717) is 6.42 Å². The summed E-state index contributed by atoms with van der Waals surface area (Å²) < 4.78 is 47.7. The van der Waals surface area contributed by atoms with Crippen molar-refractivity contribution < 1.29 is 26.2 Å². The zero-order chi connectivity index (χ0) is 13.4. The van der Waals surface area contributed by atoms with Crippen LogP contribution in [0.3, 0.4) is 0 Å². The molecule has 6 nitrogen and oxygen atoms in total. The number of rotatable bonds is 9. The quantitative estimate of drug-likeness (QED) is 0.367. The molecule has 0 fully saturated rings. The minimum atomic E-state index is -3.43. The van der Waals surface area contributed by atoms with Crippen LogP contribution >= 0.6 is 7.60 Å². The molecular formula is C9H19O6PS. The van der Waals surface area contributed by atoms with Gasteiger partial charge in [0.25, 0.3) is 10.1 Å². The maximum Gasteiger partial charge on any atom is 0.353 e. The molecule has 8 heteroatoms. The highest BCUT2D eigenvalue weighted by Gasteiger charge is 2.18. The molecule has 0 aliphatic rings. The Morgan fingerprint density at radius 3 is 2.12 bits per heavy atom. The largest absolute Gasteiger partial charge is 0.353 e. The van der Waals surface area contributed by atoms with Crippen LogP contribution in [0.25, 0.3) is 0 Å². The highest BCUT2D eigenvalue weighted by molar-refractivity contribution is 7.85. The first-order valence-corrected chi connectivity index (χ1v) is 8.66. The lowest BCUT2D eigenvalue weighted by Gasteiger charge is -2.12. The van der Waals surface area contributed by atoms with Gasteiger partial charge in [-0.05, 0) is 20.3 Å². The molecule has 0 aliphatic heterocycles. The van der Waals surface area contributed by atoms with Gasteiger partial charge in [-0.1, -0.05) is 6.08 Å². The first kappa shape index (κ1) is 16.8. The van der Waals surface area contributed by atoms with Crippen molar-refractivity contribution >= 4 is 17.7 Å². The van der Waals surface area contributed by atoms with Crippen LogP contribution < -0.4 is 0 Å². The first-order valence-electron chi connectivity index (χ1n) is 5.24. The second kappa shape index (κ2) is 8.00. The Balaban J connectivity index is 4.14. The molecule has 0 atom stereocenters. The SMILES string of the molecule is CCOP(=O)(C=CCCOS(C)(=O)=O)OCC. The zero-order valence-electron chi connectivity index (χ0n) is 10.3. The van der Waals surface area contributed by atoms with Crippen LogP contribution in [0.15, 0.2) is 11.9 Å². The van der Waals surface area contributed by atoms with E-state index in [-0.39, 0.29) is 19.8 Å². The van der Waals surface area contributed by atoms with Gasteiger partial charge in [-0.25, -0.2) is 0 Å². The summed E-state index contributed by atoms with van der Waals surface area (Å²) in [6, 6.07) is 0. The van der Waals surface area contributed by atoms with E-state index in [4.69, 9.17) is 9.05 Å². The number of hydrogen-bond donors (Lipinski definition) is 0. The molecule has 0 N–H and O–H groups in total. The third-order valence-electron chi connectivity index (χ3n) is 1.49. The minimum Gasteiger partial charge on any atom is -0.306 e. The van der Waals surface area contributed by atoms with Crippen LogP contribution in [0.5, 0.6) is 0 Å². The van der Waals surface area contributed by atoms with E-state index < -0.39 is 17.7 Å². The highest BCUT2D eigenvalue weighted by Crippen LogP contribution is 2.49. The van der Waals surface area contributed by atoms with Crippen LogP contribution in [-0.4, -0.2) is 34.5 Å².